The first kappa shape index (κ1) is 29.5. The maximum absolute atomic E-state index is 7.13. The van der Waals surface area contributed by atoms with Gasteiger partial charge in [0.15, 0.2) is 0 Å². The van der Waals surface area contributed by atoms with Gasteiger partial charge in [-0.05, 0) is 0 Å². The van der Waals surface area contributed by atoms with Crippen molar-refractivity contribution in [2.45, 2.75) is 0 Å². The van der Waals surface area contributed by atoms with Crippen molar-refractivity contribution in [3.05, 3.63) is 0 Å². The Labute approximate surface area is 135 Å². The van der Waals surface area contributed by atoms with E-state index in [4.69, 9.17) is 15.8 Å². The molecule has 11 heavy (non-hydrogen) atoms. The predicted octanol–water partition coefficient (Wildman–Crippen LogP) is -2.96. The van der Waals surface area contributed by atoms with Gasteiger partial charge < -0.3 is 37.9 Å². The Morgan fingerprint density at radius 1 is 0.727 bits per heavy atom. The molecule has 1 radical (unpaired) electrons. The zero-order valence-electron chi connectivity index (χ0n) is 5.40. The number of thiocyanates is 3. The average molecular weight is 272 g/mol. The quantitative estimate of drug-likeness (QED) is 0.267. The van der Waals surface area contributed by atoms with Crippen molar-refractivity contribution >= 4 is 37.9 Å². The third-order valence-corrected chi connectivity index (χ3v) is 0. The average Bonchev–Trinajstić information content (AvgIpc) is 1.70. The minimum atomic E-state index is 0. The Morgan fingerprint density at radius 2 is 0.727 bits per heavy atom. The van der Waals surface area contributed by atoms with Gasteiger partial charge in [-0.25, -0.2) is 15.8 Å². The van der Waals surface area contributed by atoms with Crippen LogP contribution in [0.15, 0.2) is 0 Å². The first-order valence-electron chi connectivity index (χ1n) is 1.28. The molecule has 0 aliphatic rings. The van der Waals surface area contributed by atoms with Crippen molar-refractivity contribution in [2.75, 3.05) is 0 Å². The van der Waals surface area contributed by atoms with E-state index in [1.165, 1.54) is 16.2 Å². The Kier molecular flexibility index (Phi) is 175. The van der Waals surface area contributed by atoms with Crippen LogP contribution in [0.5, 0.6) is 0 Å². The molecule has 0 unspecified atom stereocenters. The second-order valence-corrected chi connectivity index (χ2v) is 0.822. The molecule has 0 aliphatic heterocycles. The second-order valence-electron chi connectivity index (χ2n) is 0.274. The number of hydrogen-bond donors (Lipinski definition) is 0. The molecule has 0 atom stereocenters. The number of nitrogens with zero attached hydrogens (tertiary/aromatic N) is 3. The summed E-state index contributed by atoms with van der Waals surface area (Å²) >= 11 is 11.1. The maximum Gasteiger partial charge on any atom is 2.00 e. The van der Waals surface area contributed by atoms with Crippen LogP contribution in [0.25, 0.3) is 0 Å². The molecule has 0 amide bonds. The van der Waals surface area contributed by atoms with Crippen LogP contribution in [0.3, 0.4) is 0 Å². The van der Waals surface area contributed by atoms with Gasteiger partial charge in [0, 0.05) is 0 Å². The van der Waals surface area contributed by atoms with Gasteiger partial charge >= 0.3 is 68.2 Å². The standard InChI is InChI=1S/3CHNS.Co.K/c3*2-1-3;;/h3*3H;;/q;;;+2;+1/p-3. The van der Waals surface area contributed by atoms with E-state index in [-0.39, 0.29) is 68.2 Å². The molecule has 0 fully saturated rings. The van der Waals surface area contributed by atoms with Crippen molar-refractivity contribution in [1.82, 2.24) is 0 Å². The van der Waals surface area contributed by atoms with Crippen molar-refractivity contribution in [3.8, 4) is 16.2 Å². The van der Waals surface area contributed by atoms with Crippen molar-refractivity contribution in [3.63, 3.8) is 0 Å². The fraction of sp³-hybridized carbons (Fsp3) is 0. The normalized spacial score (nSPS) is 1.91. The first-order chi connectivity index (χ1) is 4.24. The summed E-state index contributed by atoms with van der Waals surface area (Å²) < 4.78 is 0. The van der Waals surface area contributed by atoms with Gasteiger partial charge in [-0.2, -0.15) is 0 Å². The minimum Gasteiger partial charge on any atom is -0.696 e. The van der Waals surface area contributed by atoms with Crippen LogP contribution in [0, 0.1) is 32.0 Å². The molecule has 0 aliphatic carbocycles. The Balaban J connectivity index is -0.0000000150. The molecule has 3 nitrogen and oxygen atoms in total. The molecule has 8 heteroatoms. The molecule has 0 N–H and O–H groups in total. The van der Waals surface area contributed by atoms with E-state index in [0.29, 0.717) is 0 Å². The van der Waals surface area contributed by atoms with Gasteiger partial charge in [-0.3, -0.25) is 0 Å². The van der Waals surface area contributed by atoms with Gasteiger partial charge in [-0.1, -0.05) is 16.2 Å². The van der Waals surface area contributed by atoms with Crippen LogP contribution in [0.4, 0.5) is 0 Å². The molecule has 0 saturated heterocycles. The number of nitriles is 3. The smallest absolute Gasteiger partial charge is 0.696 e. The summed E-state index contributed by atoms with van der Waals surface area (Å²) in [5.41, 5.74) is 0. The minimum absolute atomic E-state index is 0. The maximum atomic E-state index is 7.13. The van der Waals surface area contributed by atoms with Gasteiger partial charge in [-0.15, -0.1) is 0 Å². The van der Waals surface area contributed by atoms with E-state index >= 15 is 0 Å². The molecular weight excluding hydrogens is 272 g/mol. The fourth-order valence-electron chi connectivity index (χ4n) is 0. The molecule has 0 bridgehead atoms. The predicted molar refractivity (Wildman–Crippen MR) is 38.9 cm³/mol. The van der Waals surface area contributed by atoms with Crippen molar-refractivity contribution in [1.29, 1.82) is 15.8 Å². The molecular formula is C3CoKN3S3. The van der Waals surface area contributed by atoms with Crippen LogP contribution in [-0.2, 0) is 54.7 Å². The zero-order valence-corrected chi connectivity index (χ0v) is 12.0. The number of rotatable bonds is 0. The molecule has 0 rings (SSSR count). The van der Waals surface area contributed by atoms with E-state index in [1.54, 1.807) is 0 Å². The molecule has 0 spiro atoms. The van der Waals surface area contributed by atoms with Gasteiger partial charge in [0.25, 0.3) is 0 Å². The van der Waals surface area contributed by atoms with Gasteiger partial charge in [0.2, 0.25) is 0 Å². The summed E-state index contributed by atoms with van der Waals surface area (Å²) in [4.78, 5) is 0. The Morgan fingerprint density at radius 3 is 0.727 bits per heavy atom. The molecule has 0 aromatic heterocycles. The summed E-state index contributed by atoms with van der Waals surface area (Å²) in [7, 11) is 0. The van der Waals surface area contributed by atoms with E-state index in [0.717, 1.165) is 0 Å². The monoisotopic (exact) mass is 272 g/mol. The van der Waals surface area contributed by atoms with E-state index in [1.807, 2.05) is 0 Å². The summed E-state index contributed by atoms with van der Waals surface area (Å²) in [5.74, 6) is 0. The first-order valence-corrected chi connectivity index (χ1v) is 2.51. The van der Waals surface area contributed by atoms with Crippen LogP contribution < -0.4 is 51.4 Å². The summed E-state index contributed by atoms with van der Waals surface area (Å²) in [5, 5.41) is 25.4. The van der Waals surface area contributed by atoms with E-state index < -0.39 is 0 Å². The van der Waals surface area contributed by atoms with E-state index in [2.05, 4.69) is 37.9 Å². The molecule has 55 valence electrons. The summed E-state index contributed by atoms with van der Waals surface area (Å²) in [6.45, 7) is 0. The summed E-state index contributed by atoms with van der Waals surface area (Å²) in [6.07, 6.45) is 0. The van der Waals surface area contributed by atoms with Crippen LogP contribution in [0.2, 0.25) is 0 Å². The molecule has 0 aromatic rings. The Bertz CT molecular complexity index is 117. The fourth-order valence-corrected chi connectivity index (χ4v) is 0. The summed E-state index contributed by atoms with van der Waals surface area (Å²) in [6, 6.07) is 0. The third-order valence-electron chi connectivity index (χ3n) is 0. The number of hydrogen-bond acceptors (Lipinski definition) is 6. The van der Waals surface area contributed by atoms with Crippen molar-refractivity contribution < 1.29 is 68.2 Å². The van der Waals surface area contributed by atoms with Crippen molar-refractivity contribution in [2.24, 2.45) is 0 Å². The van der Waals surface area contributed by atoms with Crippen LogP contribution in [0.1, 0.15) is 0 Å². The van der Waals surface area contributed by atoms with Gasteiger partial charge in [0.05, 0.1) is 0 Å². The largest absolute Gasteiger partial charge is 2.00 e. The molecule has 0 saturated carbocycles. The van der Waals surface area contributed by atoms with Gasteiger partial charge in [0.1, 0.15) is 0 Å². The zero-order chi connectivity index (χ0) is 8.12. The Hall–Kier alpha value is 1.27. The van der Waals surface area contributed by atoms with E-state index in [9.17, 15) is 0 Å². The SMILES string of the molecule is N#C[S-].N#C[S-].N#C[S-].[Co+2].[K+]. The topological polar surface area (TPSA) is 71.4 Å². The third kappa shape index (κ3) is 598. The van der Waals surface area contributed by atoms with Crippen LogP contribution in [-0.4, -0.2) is 0 Å². The second kappa shape index (κ2) is 65.2. The van der Waals surface area contributed by atoms with Crippen LogP contribution >= 0.6 is 0 Å². The molecule has 0 heterocycles. The molecule has 0 aromatic carbocycles.